The van der Waals surface area contributed by atoms with Crippen LogP contribution in [-0.2, 0) is 19.0 Å². The van der Waals surface area contributed by atoms with Gasteiger partial charge in [0, 0.05) is 19.4 Å². The van der Waals surface area contributed by atoms with Crippen molar-refractivity contribution in [1.29, 1.82) is 0 Å². The quantitative estimate of drug-likeness (QED) is 0.573. The molecule has 1 aliphatic rings. The molecule has 0 aliphatic carbocycles. The number of carbonyl (C=O) groups is 1. The molecule has 2 unspecified atom stereocenters. The van der Waals surface area contributed by atoms with Crippen LogP contribution in [0.5, 0.6) is 0 Å². The number of ether oxygens (including phenoxy) is 3. The van der Waals surface area contributed by atoms with Crippen LogP contribution in [0.25, 0.3) is 0 Å². The van der Waals surface area contributed by atoms with Crippen molar-refractivity contribution in [3.8, 4) is 0 Å². The lowest BCUT2D eigenvalue weighted by molar-refractivity contribution is -0.127. The lowest BCUT2D eigenvalue weighted by Gasteiger charge is -2.24. The van der Waals surface area contributed by atoms with Gasteiger partial charge in [0.1, 0.15) is 6.73 Å². The Hall–Kier alpha value is -1.14. The summed E-state index contributed by atoms with van der Waals surface area (Å²) in [6.07, 6.45) is 2.00. The van der Waals surface area contributed by atoms with Gasteiger partial charge >= 0.3 is 0 Å². The lowest BCUT2D eigenvalue weighted by atomic mass is 10.2. The van der Waals surface area contributed by atoms with E-state index >= 15 is 0 Å². The molecule has 116 valence electrons. The second kappa shape index (κ2) is 8.34. The van der Waals surface area contributed by atoms with Crippen LogP contribution in [0, 0.1) is 0 Å². The van der Waals surface area contributed by atoms with Crippen LogP contribution in [0.2, 0.25) is 0 Å². The molecule has 21 heavy (non-hydrogen) atoms. The maximum absolute atomic E-state index is 12.4. The highest BCUT2D eigenvalue weighted by molar-refractivity contribution is 6.31. The van der Waals surface area contributed by atoms with E-state index in [1.165, 1.54) is 12.0 Å². The summed E-state index contributed by atoms with van der Waals surface area (Å²) in [6.45, 7) is 1.19. The molecule has 5 nitrogen and oxygen atoms in total. The van der Waals surface area contributed by atoms with E-state index in [0.29, 0.717) is 6.61 Å². The number of benzene rings is 1. The molecule has 0 N–H and O–H groups in total. The van der Waals surface area contributed by atoms with Crippen molar-refractivity contribution in [2.24, 2.45) is 0 Å². The molecule has 1 aromatic carbocycles. The average Bonchev–Trinajstić information content (AvgIpc) is 3.04. The molecule has 0 aromatic heterocycles. The molecular formula is C15H20ClNO4. The van der Waals surface area contributed by atoms with Crippen molar-refractivity contribution in [3.63, 3.8) is 0 Å². The summed E-state index contributed by atoms with van der Waals surface area (Å²) >= 11 is 6.07. The predicted octanol–water partition coefficient (Wildman–Crippen LogP) is 2.38. The van der Waals surface area contributed by atoms with Gasteiger partial charge in [-0.15, -0.1) is 0 Å². The molecule has 1 saturated heterocycles. The molecule has 0 spiro atoms. The summed E-state index contributed by atoms with van der Waals surface area (Å²) in [4.78, 5) is 13.8. The zero-order chi connectivity index (χ0) is 15.1. The van der Waals surface area contributed by atoms with Gasteiger partial charge in [0.05, 0.1) is 12.7 Å². The van der Waals surface area contributed by atoms with Crippen molar-refractivity contribution in [2.45, 2.75) is 24.5 Å². The molecule has 0 radical (unpaired) electrons. The number of amides is 1. The van der Waals surface area contributed by atoms with Gasteiger partial charge in [-0.25, -0.2) is 0 Å². The van der Waals surface area contributed by atoms with Crippen molar-refractivity contribution in [1.82, 2.24) is 0 Å². The number of hydrogen-bond acceptors (Lipinski definition) is 4. The maximum atomic E-state index is 12.4. The summed E-state index contributed by atoms with van der Waals surface area (Å²) in [5.74, 6) is -0.345. The molecule has 1 amide bonds. The highest BCUT2D eigenvalue weighted by atomic mass is 35.5. The van der Waals surface area contributed by atoms with E-state index in [1.54, 1.807) is 0 Å². The Balaban J connectivity index is 1.93. The summed E-state index contributed by atoms with van der Waals surface area (Å²) in [5.41, 5.74) is -0.333. The van der Waals surface area contributed by atoms with E-state index in [2.05, 4.69) is 0 Å². The van der Waals surface area contributed by atoms with Crippen LogP contribution in [-0.4, -0.2) is 44.6 Å². The zero-order valence-electron chi connectivity index (χ0n) is 12.0. The molecule has 0 bridgehead atoms. The molecule has 1 aliphatic heterocycles. The van der Waals surface area contributed by atoms with Crippen LogP contribution < -0.4 is 4.90 Å². The minimum atomic E-state index is -1.05. The highest BCUT2D eigenvalue weighted by Crippen LogP contribution is 2.18. The Kier molecular flexibility index (Phi) is 6.45. The molecular weight excluding hydrogens is 294 g/mol. The molecule has 0 saturated carbocycles. The summed E-state index contributed by atoms with van der Waals surface area (Å²) < 4.78 is 15.9. The Morgan fingerprint density at radius 2 is 2.24 bits per heavy atom. The van der Waals surface area contributed by atoms with Crippen molar-refractivity contribution in [2.75, 3.05) is 32.0 Å². The lowest BCUT2D eigenvalue weighted by Crippen LogP contribution is -2.40. The van der Waals surface area contributed by atoms with Gasteiger partial charge in [-0.1, -0.05) is 29.8 Å². The number of methoxy groups -OCH3 is 1. The Morgan fingerprint density at radius 3 is 2.86 bits per heavy atom. The van der Waals surface area contributed by atoms with Crippen LogP contribution in [0.4, 0.5) is 5.69 Å². The first kappa shape index (κ1) is 16.2. The fourth-order valence-corrected chi connectivity index (χ4v) is 2.35. The van der Waals surface area contributed by atoms with Crippen molar-refractivity contribution in [3.05, 3.63) is 30.3 Å². The van der Waals surface area contributed by atoms with Gasteiger partial charge in [-0.2, -0.15) is 0 Å². The molecule has 2 rings (SSSR count). The summed E-state index contributed by atoms with van der Waals surface area (Å²) in [5, 5.41) is 0. The van der Waals surface area contributed by atoms with E-state index in [4.69, 9.17) is 25.8 Å². The predicted molar refractivity (Wildman–Crippen MR) is 80.4 cm³/mol. The number of hydrogen-bond donors (Lipinski definition) is 0. The van der Waals surface area contributed by atoms with Gasteiger partial charge < -0.3 is 14.2 Å². The minimum Gasteiger partial charge on any atom is -0.376 e. The van der Waals surface area contributed by atoms with Crippen LogP contribution in [0.15, 0.2) is 30.3 Å². The smallest absolute Gasteiger partial charge is 0.273 e. The Bertz CT molecular complexity index is 437. The van der Waals surface area contributed by atoms with Gasteiger partial charge in [-0.3, -0.25) is 9.69 Å². The fourth-order valence-electron chi connectivity index (χ4n) is 2.16. The van der Waals surface area contributed by atoms with Crippen molar-refractivity contribution >= 4 is 23.2 Å². The normalized spacial score (nSPS) is 19.4. The van der Waals surface area contributed by atoms with Crippen LogP contribution >= 0.6 is 11.6 Å². The summed E-state index contributed by atoms with van der Waals surface area (Å²) in [6, 6.07) is 9.22. The largest absolute Gasteiger partial charge is 0.376 e. The zero-order valence-corrected chi connectivity index (χ0v) is 12.8. The number of nitrogens with zero attached hydrogens (tertiary/aromatic N) is 1. The third-order valence-corrected chi connectivity index (χ3v) is 3.55. The average molecular weight is 314 g/mol. The maximum Gasteiger partial charge on any atom is 0.273 e. The second-order valence-electron chi connectivity index (χ2n) is 4.80. The monoisotopic (exact) mass is 313 g/mol. The number of rotatable bonds is 7. The highest BCUT2D eigenvalue weighted by Gasteiger charge is 2.26. The molecule has 2 atom stereocenters. The Morgan fingerprint density at radius 1 is 1.48 bits per heavy atom. The topological polar surface area (TPSA) is 48.0 Å². The number of anilines is 1. The number of para-hydroxylation sites is 1. The number of alkyl halides is 1. The molecule has 6 heteroatoms. The molecule has 1 heterocycles. The Labute approximate surface area is 129 Å². The second-order valence-corrected chi connectivity index (χ2v) is 5.20. The van der Waals surface area contributed by atoms with E-state index < -0.39 is 5.56 Å². The SMILES string of the molecule is COCN(C(=O)C(Cl)OCC1CCCO1)c1ccccc1. The fraction of sp³-hybridized carbons (Fsp3) is 0.533. The first-order chi connectivity index (χ1) is 10.2. The van der Waals surface area contributed by atoms with Crippen LogP contribution in [0.3, 0.4) is 0 Å². The third-order valence-electron chi connectivity index (χ3n) is 3.24. The van der Waals surface area contributed by atoms with E-state index in [9.17, 15) is 4.79 Å². The van der Waals surface area contributed by atoms with Gasteiger partial charge in [-0.05, 0) is 25.0 Å². The summed E-state index contributed by atoms with van der Waals surface area (Å²) in [7, 11) is 1.53. The van der Waals surface area contributed by atoms with Gasteiger partial charge in [0.15, 0.2) is 0 Å². The van der Waals surface area contributed by atoms with E-state index in [1.807, 2.05) is 30.3 Å². The standard InChI is InChI=1S/C15H20ClNO4/c1-19-11-17(12-6-3-2-4-7-12)15(18)14(16)21-10-13-8-5-9-20-13/h2-4,6-7,13-14H,5,8-11H2,1H3. The number of carbonyl (C=O) groups excluding carboxylic acids is 1. The first-order valence-electron chi connectivity index (χ1n) is 6.95. The first-order valence-corrected chi connectivity index (χ1v) is 7.38. The molecule has 1 aromatic rings. The van der Waals surface area contributed by atoms with Crippen LogP contribution in [0.1, 0.15) is 12.8 Å². The van der Waals surface area contributed by atoms with E-state index in [0.717, 1.165) is 25.1 Å². The molecule has 1 fully saturated rings. The van der Waals surface area contributed by atoms with Gasteiger partial charge in [0.2, 0.25) is 5.56 Å². The minimum absolute atomic E-state index is 0.0339. The van der Waals surface area contributed by atoms with Crippen molar-refractivity contribution < 1.29 is 19.0 Å². The van der Waals surface area contributed by atoms with E-state index in [-0.39, 0.29) is 18.7 Å². The number of halogens is 1. The van der Waals surface area contributed by atoms with Gasteiger partial charge in [0.25, 0.3) is 5.91 Å². The third kappa shape index (κ3) is 4.68.